The predicted molar refractivity (Wildman–Crippen MR) is 74.6 cm³/mol. The molecule has 106 valence electrons. The first-order chi connectivity index (χ1) is 8.46. The van der Waals surface area contributed by atoms with Gasteiger partial charge < -0.3 is 5.32 Å². The van der Waals surface area contributed by atoms with Crippen LogP contribution in [0.5, 0.6) is 0 Å². The molecule has 1 aliphatic heterocycles. The van der Waals surface area contributed by atoms with Crippen molar-refractivity contribution in [2.75, 3.05) is 6.54 Å². The van der Waals surface area contributed by atoms with Gasteiger partial charge in [-0.2, -0.15) is 0 Å². The van der Waals surface area contributed by atoms with E-state index in [9.17, 15) is 13.6 Å². The summed E-state index contributed by atoms with van der Waals surface area (Å²) in [6.45, 7) is -0.0933. The van der Waals surface area contributed by atoms with Gasteiger partial charge in [0, 0.05) is 17.4 Å². The van der Waals surface area contributed by atoms with Gasteiger partial charge in [-0.15, -0.1) is 12.4 Å². The average Bonchev–Trinajstić information content (AvgIpc) is 2.67. The van der Waals surface area contributed by atoms with E-state index in [0.717, 1.165) is 10.0 Å². The molecular formula is C12H14BrClF2N2O. The van der Waals surface area contributed by atoms with Crippen molar-refractivity contribution >= 4 is 34.2 Å². The smallest absolute Gasteiger partial charge is 0.262 e. The number of alkyl halides is 2. The van der Waals surface area contributed by atoms with Gasteiger partial charge in [-0.1, -0.05) is 28.1 Å². The van der Waals surface area contributed by atoms with E-state index in [1.54, 1.807) is 0 Å². The second kappa shape index (κ2) is 6.63. The number of carbonyl (C=O) groups excluding carboxylic acids is 1. The molecule has 0 spiro atoms. The van der Waals surface area contributed by atoms with Crippen LogP contribution in [0.4, 0.5) is 8.78 Å². The molecule has 1 aromatic carbocycles. The Labute approximate surface area is 124 Å². The molecule has 1 unspecified atom stereocenters. The molecule has 0 aromatic heterocycles. The summed E-state index contributed by atoms with van der Waals surface area (Å²) in [7, 11) is 0. The monoisotopic (exact) mass is 354 g/mol. The number of nitrogens with one attached hydrogen (secondary N) is 2. The zero-order chi connectivity index (χ0) is 13.2. The molecule has 3 nitrogen and oxygen atoms in total. The number of halogens is 4. The molecule has 2 N–H and O–H groups in total. The highest BCUT2D eigenvalue weighted by molar-refractivity contribution is 9.10. The van der Waals surface area contributed by atoms with Crippen LogP contribution in [0.25, 0.3) is 0 Å². The summed E-state index contributed by atoms with van der Waals surface area (Å²) in [5, 5.41) is 5.17. The first-order valence-electron chi connectivity index (χ1n) is 5.60. The maximum absolute atomic E-state index is 12.9. The summed E-state index contributed by atoms with van der Waals surface area (Å²) in [5.41, 5.74) is 0.919. The maximum atomic E-state index is 12.9. The van der Waals surface area contributed by atoms with Crippen LogP contribution in [0, 0.1) is 0 Å². The highest BCUT2D eigenvalue weighted by Gasteiger charge is 2.42. The fraction of sp³-hybridized carbons (Fsp3) is 0.417. The van der Waals surface area contributed by atoms with Crippen molar-refractivity contribution in [3.05, 3.63) is 34.3 Å². The molecule has 1 aliphatic rings. The molecule has 0 bridgehead atoms. The van der Waals surface area contributed by atoms with E-state index in [0.29, 0.717) is 6.54 Å². The van der Waals surface area contributed by atoms with Gasteiger partial charge in [-0.25, -0.2) is 8.78 Å². The fourth-order valence-electron chi connectivity index (χ4n) is 1.86. The van der Waals surface area contributed by atoms with Crippen molar-refractivity contribution in [2.45, 2.75) is 24.9 Å². The summed E-state index contributed by atoms with van der Waals surface area (Å²) in [6, 6.07) is 6.67. The third kappa shape index (κ3) is 4.71. The molecule has 1 fully saturated rings. The second-order valence-electron chi connectivity index (χ2n) is 4.34. The van der Waals surface area contributed by atoms with E-state index in [1.165, 1.54) is 0 Å². The largest absolute Gasteiger partial charge is 0.351 e. The van der Waals surface area contributed by atoms with Gasteiger partial charge in [0.2, 0.25) is 5.91 Å². The predicted octanol–water partition coefficient (Wildman–Crippen LogP) is 2.48. The van der Waals surface area contributed by atoms with Crippen molar-refractivity contribution in [2.24, 2.45) is 0 Å². The minimum Gasteiger partial charge on any atom is -0.351 e. The molecule has 1 aromatic rings. The molecule has 1 atom stereocenters. The SMILES string of the molecule is Cl.O=C(NCc1cccc(Br)c1)C1CC(F)(F)CN1. The average molecular weight is 356 g/mol. The van der Waals surface area contributed by atoms with E-state index in [4.69, 9.17) is 0 Å². The topological polar surface area (TPSA) is 41.1 Å². The van der Waals surface area contributed by atoms with E-state index in [1.807, 2.05) is 24.3 Å². The van der Waals surface area contributed by atoms with Crippen LogP contribution in [-0.2, 0) is 11.3 Å². The second-order valence-corrected chi connectivity index (χ2v) is 5.26. The van der Waals surface area contributed by atoms with Crippen LogP contribution >= 0.6 is 28.3 Å². The van der Waals surface area contributed by atoms with Crippen LogP contribution in [0.3, 0.4) is 0 Å². The number of benzene rings is 1. The Balaban J connectivity index is 0.00000180. The molecule has 7 heteroatoms. The van der Waals surface area contributed by atoms with E-state index in [2.05, 4.69) is 26.6 Å². The lowest BCUT2D eigenvalue weighted by atomic mass is 10.1. The van der Waals surface area contributed by atoms with Crippen LogP contribution in [0.1, 0.15) is 12.0 Å². The van der Waals surface area contributed by atoms with Crippen LogP contribution < -0.4 is 10.6 Å². The zero-order valence-electron chi connectivity index (χ0n) is 9.96. The lowest BCUT2D eigenvalue weighted by Gasteiger charge is -2.11. The Kier molecular flexibility index (Phi) is 5.70. The number of hydrogen-bond acceptors (Lipinski definition) is 2. The van der Waals surface area contributed by atoms with Crippen LogP contribution in [-0.4, -0.2) is 24.4 Å². The summed E-state index contributed by atoms with van der Waals surface area (Å²) in [6.07, 6.45) is -0.433. The minimum absolute atomic E-state index is 0. The molecule has 0 saturated carbocycles. The van der Waals surface area contributed by atoms with Crippen molar-refractivity contribution in [1.82, 2.24) is 10.6 Å². The maximum Gasteiger partial charge on any atom is 0.262 e. The molecule has 19 heavy (non-hydrogen) atoms. The van der Waals surface area contributed by atoms with Gasteiger partial charge in [0.15, 0.2) is 0 Å². The normalized spacial score (nSPS) is 20.7. The van der Waals surface area contributed by atoms with Gasteiger partial charge >= 0.3 is 0 Å². The van der Waals surface area contributed by atoms with E-state index >= 15 is 0 Å². The summed E-state index contributed by atoms with van der Waals surface area (Å²) < 4.78 is 26.8. The number of carbonyl (C=O) groups is 1. The van der Waals surface area contributed by atoms with Gasteiger partial charge in [-0.3, -0.25) is 10.1 Å². The summed E-state index contributed by atoms with van der Waals surface area (Å²) in [5.74, 6) is -3.16. The van der Waals surface area contributed by atoms with Crippen LogP contribution in [0.15, 0.2) is 28.7 Å². The first kappa shape index (κ1) is 16.3. The Bertz CT molecular complexity index is 459. The van der Waals surface area contributed by atoms with Gasteiger partial charge in [0.05, 0.1) is 12.6 Å². The number of hydrogen-bond donors (Lipinski definition) is 2. The van der Waals surface area contributed by atoms with Crippen molar-refractivity contribution in [1.29, 1.82) is 0 Å². The van der Waals surface area contributed by atoms with Crippen molar-refractivity contribution in [3.63, 3.8) is 0 Å². The van der Waals surface area contributed by atoms with E-state index < -0.39 is 24.9 Å². The Morgan fingerprint density at radius 2 is 2.26 bits per heavy atom. The first-order valence-corrected chi connectivity index (χ1v) is 6.39. The highest BCUT2D eigenvalue weighted by Crippen LogP contribution is 2.25. The molecule has 0 aliphatic carbocycles. The fourth-order valence-corrected chi connectivity index (χ4v) is 2.31. The molecule has 1 saturated heterocycles. The quantitative estimate of drug-likeness (QED) is 0.875. The van der Waals surface area contributed by atoms with E-state index in [-0.39, 0.29) is 18.3 Å². The Hall–Kier alpha value is -0.720. The van der Waals surface area contributed by atoms with Gasteiger partial charge in [0.1, 0.15) is 0 Å². The standard InChI is InChI=1S/C12H13BrF2N2O.ClH/c13-9-3-1-2-8(4-9)6-16-11(18)10-5-12(14,15)7-17-10;/h1-4,10,17H,5-7H2,(H,16,18);1H. The van der Waals surface area contributed by atoms with Gasteiger partial charge in [0.25, 0.3) is 5.92 Å². The van der Waals surface area contributed by atoms with Gasteiger partial charge in [-0.05, 0) is 17.7 Å². The van der Waals surface area contributed by atoms with Crippen molar-refractivity contribution < 1.29 is 13.6 Å². The third-order valence-electron chi connectivity index (χ3n) is 2.78. The highest BCUT2D eigenvalue weighted by atomic mass is 79.9. The minimum atomic E-state index is -2.78. The number of rotatable bonds is 3. The molecule has 0 radical (unpaired) electrons. The lowest BCUT2D eigenvalue weighted by molar-refractivity contribution is -0.123. The van der Waals surface area contributed by atoms with Crippen molar-refractivity contribution in [3.8, 4) is 0 Å². The summed E-state index contributed by atoms with van der Waals surface area (Å²) in [4.78, 5) is 11.7. The lowest BCUT2D eigenvalue weighted by Crippen LogP contribution is -2.40. The summed E-state index contributed by atoms with van der Waals surface area (Å²) >= 11 is 3.33. The molecule has 1 amide bonds. The molecule has 2 rings (SSSR count). The Morgan fingerprint density at radius 3 is 2.84 bits per heavy atom. The molecular weight excluding hydrogens is 341 g/mol. The molecule has 1 heterocycles. The zero-order valence-corrected chi connectivity index (χ0v) is 12.4. The number of amides is 1. The third-order valence-corrected chi connectivity index (χ3v) is 3.28. The Morgan fingerprint density at radius 1 is 1.53 bits per heavy atom. The van der Waals surface area contributed by atoms with Crippen LogP contribution in [0.2, 0.25) is 0 Å².